The van der Waals surface area contributed by atoms with Crippen molar-refractivity contribution in [3.8, 4) is 0 Å². The average molecular weight is 387 g/mol. The van der Waals surface area contributed by atoms with Crippen LogP contribution in [-0.4, -0.2) is 5.91 Å². The molecule has 3 nitrogen and oxygen atoms in total. The highest BCUT2D eigenvalue weighted by molar-refractivity contribution is 7.10. The van der Waals surface area contributed by atoms with Gasteiger partial charge in [-0.25, -0.2) is 0 Å². The quantitative estimate of drug-likeness (QED) is 0.531. The summed E-state index contributed by atoms with van der Waals surface area (Å²) in [5, 5.41) is 8.95. The molecule has 2 heterocycles. The molecule has 0 spiro atoms. The number of fused-ring (bicyclic) bond motifs is 3. The van der Waals surface area contributed by atoms with Gasteiger partial charge in [0.15, 0.2) is 0 Å². The lowest BCUT2D eigenvalue weighted by Crippen LogP contribution is -2.30. The van der Waals surface area contributed by atoms with E-state index in [9.17, 15) is 4.79 Å². The number of anilines is 2. The number of hydrogen-bond acceptors (Lipinski definition) is 3. The van der Waals surface area contributed by atoms with Crippen molar-refractivity contribution in [2.45, 2.75) is 25.3 Å². The van der Waals surface area contributed by atoms with Crippen molar-refractivity contribution in [2.75, 3.05) is 10.6 Å². The zero-order valence-electron chi connectivity index (χ0n) is 15.7. The molecule has 5 rings (SSSR count). The van der Waals surface area contributed by atoms with Crippen molar-refractivity contribution in [1.29, 1.82) is 0 Å². The van der Waals surface area contributed by atoms with Gasteiger partial charge in [-0.05, 0) is 60.0 Å². The van der Waals surface area contributed by atoms with Crippen LogP contribution in [0.3, 0.4) is 0 Å². The van der Waals surface area contributed by atoms with Crippen LogP contribution in [0.25, 0.3) is 0 Å². The first-order valence-corrected chi connectivity index (χ1v) is 10.6. The predicted octanol–water partition coefficient (Wildman–Crippen LogP) is 6.14. The van der Waals surface area contributed by atoms with Gasteiger partial charge in [0.25, 0.3) is 5.91 Å². The number of amides is 1. The largest absolute Gasteiger partial charge is 0.376 e. The van der Waals surface area contributed by atoms with Crippen LogP contribution >= 0.6 is 11.3 Å². The smallest absolute Gasteiger partial charge is 0.257 e. The van der Waals surface area contributed by atoms with E-state index in [-0.39, 0.29) is 11.9 Å². The van der Waals surface area contributed by atoms with Crippen molar-refractivity contribution >= 4 is 28.6 Å². The van der Waals surface area contributed by atoms with Gasteiger partial charge >= 0.3 is 0 Å². The van der Waals surface area contributed by atoms with Gasteiger partial charge < -0.3 is 10.6 Å². The van der Waals surface area contributed by atoms with Crippen LogP contribution in [0.2, 0.25) is 0 Å². The summed E-state index contributed by atoms with van der Waals surface area (Å²) in [6, 6.07) is 18.1. The fraction of sp³-hybridized carbons (Fsp3) is 0.208. The van der Waals surface area contributed by atoms with E-state index >= 15 is 0 Å². The second-order valence-corrected chi connectivity index (χ2v) is 8.48. The molecule has 2 aliphatic rings. The third-order valence-electron chi connectivity index (χ3n) is 5.86. The number of rotatable bonds is 3. The zero-order valence-corrected chi connectivity index (χ0v) is 16.5. The highest BCUT2D eigenvalue weighted by atomic mass is 32.1. The van der Waals surface area contributed by atoms with E-state index in [2.05, 4.69) is 47.2 Å². The Bertz CT molecular complexity index is 1050. The predicted molar refractivity (Wildman–Crippen MR) is 116 cm³/mol. The number of nitrogens with one attached hydrogen (secondary N) is 2. The van der Waals surface area contributed by atoms with Crippen LogP contribution in [0.15, 0.2) is 72.1 Å². The molecule has 0 fully saturated rings. The van der Waals surface area contributed by atoms with E-state index in [1.807, 2.05) is 42.5 Å². The Kier molecular flexibility index (Phi) is 4.29. The standard InChI is InChI=1S/C24H22N2OS/c1-15-13-14-28-23(15)22-19-11-5-9-17(19)18-10-6-12-20(21(18)26-22)24(27)25-16-7-3-2-4-8-16/h2-10,12-14,17,19,22,26H,11H2,1H3,(H,25,27). The summed E-state index contributed by atoms with van der Waals surface area (Å²) < 4.78 is 0. The lowest BCUT2D eigenvalue weighted by atomic mass is 9.77. The van der Waals surface area contributed by atoms with Crippen LogP contribution in [0, 0.1) is 12.8 Å². The second-order valence-electron chi connectivity index (χ2n) is 7.53. The minimum Gasteiger partial charge on any atom is -0.376 e. The van der Waals surface area contributed by atoms with Gasteiger partial charge in [-0.15, -0.1) is 11.3 Å². The molecule has 2 aromatic carbocycles. The molecule has 0 bridgehead atoms. The molecular formula is C24H22N2OS. The average Bonchev–Trinajstić information content (AvgIpc) is 3.37. The molecule has 0 radical (unpaired) electrons. The Morgan fingerprint density at radius 1 is 1.11 bits per heavy atom. The maximum absolute atomic E-state index is 13.1. The molecule has 1 amide bonds. The molecule has 2 N–H and O–H groups in total. The van der Waals surface area contributed by atoms with Crippen molar-refractivity contribution in [3.05, 3.63) is 93.7 Å². The van der Waals surface area contributed by atoms with Gasteiger partial charge in [-0.1, -0.05) is 42.5 Å². The molecular weight excluding hydrogens is 364 g/mol. The topological polar surface area (TPSA) is 41.1 Å². The Balaban J connectivity index is 1.55. The fourth-order valence-corrected chi connectivity index (χ4v) is 5.55. The maximum atomic E-state index is 13.1. The number of para-hydroxylation sites is 2. The van der Waals surface area contributed by atoms with E-state index in [1.54, 1.807) is 11.3 Å². The van der Waals surface area contributed by atoms with E-state index in [1.165, 1.54) is 16.0 Å². The van der Waals surface area contributed by atoms with E-state index in [0.717, 1.165) is 17.8 Å². The minimum absolute atomic E-state index is 0.0716. The van der Waals surface area contributed by atoms with Crippen LogP contribution in [0.4, 0.5) is 11.4 Å². The zero-order chi connectivity index (χ0) is 19.1. The molecule has 0 saturated carbocycles. The molecule has 3 aromatic rings. The summed E-state index contributed by atoms with van der Waals surface area (Å²) in [5.41, 5.74) is 5.04. The molecule has 1 aromatic heterocycles. The van der Waals surface area contributed by atoms with Crippen LogP contribution in [0.5, 0.6) is 0 Å². The summed E-state index contributed by atoms with van der Waals surface area (Å²) in [5.74, 6) is 0.780. The number of thiophene rings is 1. The Hall–Kier alpha value is -2.85. The highest BCUT2D eigenvalue weighted by Gasteiger charge is 2.40. The number of carbonyl (C=O) groups excluding carboxylic acids is 1. The number of benzene rings is 2. The Morgan fingerprint density at radius 3 is 2.75 bits per heavy atom. The first-order chi connectivity index (χ1) is 13.7. The first kappa shape index (κ1) is 17.3. The Labute approximate surface area is 169 Å². The number of allylic oxidation sites excluding steroid dienone is 2. The second kappa shape index (κ2) is 6.95. The van der Waals surface area contributed by atoms with E-state index < -0.39 is 0 Å². The third kappa shape index (κ3) is 2.85. The van der Waals surface area contributed by atoms with Crippen LogP contribution < -0.4 is 10.6 Å². The lowest BCUT2D eigenvalue weighted by Gasteiger charge is -2.38. The molecule has 28 heavy (non-hydrogen) atoms. The summed E-state index contributed by atoms with van der Waals surface area (Å²) in [6.45, 7) is 2.18. The summed E-state index contributed by atoms with van der Waals surface area (Å²) in [7, 11) is 0. The van der Waals surface area contributed by atoms with Gasteiger partial charge in [0.05, 0.1) is 17.3 Å². The maximum Gasteiger partial charge on any atom is 0.257 e. The Morgan fingerprint density at radius 2 is 1.96 bits per heavy atom. The first-order valence-electron chi connectivity index (χ1n) is 9.69. The van der Waals surface area contributed by atoms with Crippen molar-refractivity contribution in [2.24, 2.45) is 5.92 Å². The third-order valence-corrected chi connectivity index (χ3v) is 6.96. The molecule has 0 saturated heterocycles. The number of carbonyl (C=O) groups is 1. The lowest BCUT2D eigenvalue weighted by molar-refractivity contribution is 0.102. The molecule has 1 aliphatic carbocycles. The van der Waals surface area contributed by atoms with Gasteiger partial charge in [-0.3, -0.25) is 4.79 Å². The van der Waals surface area contributed by atoms with Crippen molar-refractivity contribution in [3.63, 3.8) is 0 Å². The summed E-state index contributed by atoms with van der Waals surface area (Å²) in [6.07, 6.45) is 5.68. The minimum atomic E-state index is -0.0716. The summed E-state index contributed by atoms with van der Waals surface area (Å²) >= 11 is 1.81. The summed E-state index contributed by atoms with van der Waals surface area (Å²) in [4.78, 5) is 14.4. The SMILES string of the molecule is Cc1ccsc1C1Nc2c(C(=O)Nc3ccccc3)cccc2C2C=CCC21. The normalized spacial score (nSPS) is 22.2. The van der Waals surface area contributed by atoms with E-state index in [4.69, 9.17) is 0 Å². The number of hydrogen-bond donors (Lipinski definition) is 2. The molecule has 1 aliphatic heterocycles. The highest BCUT2D eigenvalue weighted by Crippen LogP contribution is 2.51. The molecule has 3 unspecified atom stereocenters. The van der Waals surface area contributed by atoms with Crippen molar-refractivity contribution < 1.29 is 4.79 Å². The van der Waals surface area contributed by atoms with Crippen molar-refractivity contribution in [1.82, 2.24) is 0 Å². The van der Waals surface area contributed by atoms with Gasteiger partial charge in [0.1, 0.15) is 0 Å². The molecule has 140 valence electrons. The van der Waals surface area contributed by atoms with E-state index in [0.29, 0.717) is 17.4 Å². The molecule has 4 heteroatoms. The number of aryl methyl sites for hydroxylation is 1. The van der Waals surface area contributed by atoms with Crippen LogP contribution in [0.1, 0.15) is 44.7 Å². The van der Waals surface area contributed by atoms with Gasteiger partial charge in [0, 0.05) is 16.5 Å². The van der Waals surface area contributed by atoms with Gasteiger partial charge in [-0.2, -0.15) is 0 Å². The fourth-order valence-electron chi connectivity index (χ4n) is 4.49. The monoisotopic (exact) mass is 386 g/mol. The molecule has 3 atom stereocenters. The van der Waals surface area contributed by atoms with Gasteiger partial charge in [0.2, 0.25) is 0 Å². The van der Waals surface area contributed by atoms with Crippen LogP contribution in [-0.2, 0) is 0 Å².